The molecule has 2 heterocycles. The molecule has 3 aliphatic rings. The number of nitrogens with zero attached hydrogens (tertiary/aromatic N) is 1. The van der Waals surface area contributed by atoms with Crippen LogP contribution in [0.5, 0.6) is 5.75 Å². The first kappa shape index (κ1) is 26.3. The Morgan fingerprint density at radius 3 is 2.27 bits per heavy atom. The molecular formula is C30H38F3NO3. The second-order valence-corrected chi connectivity index (χ2v) is 11.3. The van der Waals surface area contributed by atoms with Crippen molar-refractivity contribution in [3.05, 3.63) is 41.5 Å². The van der Waals surface area contributed by atoms with Gasteiger partial charge in [0.05, 0.1) is 12.0 Å². The Balaban J connectivity index is 1.43. The molecule has 1 aliphatic carbocycles. The summed E-state index contributed by atoms with van der Waals surface area (Å²) in [5.41, 5.74) is 0.324. The molecule has 0 amide bonds. The van der Waals surface area contributed by atoms with Crippen LogP contribution in [0.1, 0.15) is 95.2 Å². The fourth-order valence-corrected chi connectivity index (χ4v) is 7.31. The summed E-state index contributed by atoms with van der Waals surface area (Å²) in [7, 11) is 0. The van der Waals surface area contributed by atoms with Gasteiger partial charge in [0.15, 0.2) is 0 Å². The number of hydrogen-bond donors (Lipinski definition) is 1. The molecule has 1 N–H and O–H groups in total. The summed E-state index contributed by atoms with van der Waals surface area (Å²) in [6, 6.07) is 9.11. The van der Waals surface area contributed by atoms with Gasteiger partial charge in [0.2, 0.25) is 0 Å². The van der Waals surface area contributed by atoms with Gasteiger partial charge in [-0.25, -0.2) is 0 Å². The molecular weight excluding hydrogens is 479 g/mol. The summed E-state index contributed by atoms with van der Waals surface area (Å²) < 4.78 is 49.0. The zero-order valence-electron chi connectivity index (χ0n) is 21.8. The molecule has 2 aromatic carbocycles. The van der Waals surface area contributed by atoms with E-state index in [-0.39, 0.29) is 41.3 Å². The monoisotopic (exact) mass is 517 g/mol. The van der Waals surface area contributed by atoms with Crippen molar-refractivity contribution in [3.8, 4) is 5.75 Å². The molecule has 1 saturated carbocycles. The lowest BCUT2D eigenvalue weighted by atomic mass is 9.86. The standard InChI is InChI=1S/C30H38F3NO3/c1-3-18-5-11-24(12-6-18)37-27-14-8-19-15-20(7-13-25(19)28(27)30(31,32)33)26(4-2)34-22-9-10-23(34)17-21(16-22)29(35)36/h7-8,13-15,18,21-24,26H,3-6,9-12,16-17H2,1-2H3,(H,35,36). The fraction of sp³-hybridized carbons (Fsp3) is 0.633. The number of alkyl halides is 3. The molecule has 3 atom stereocenters. The van der Waals surface area contributed by atoms with Crippen molar-refractivity contribution >= 4 is 16.7 Å². The number of carboxylic acid groups (broad SMARTS) is 1. The van der Waals surface area contributed by atoms with Gasteiger partial charge in [0, 0.05) is 18.1 Å². The van der Waals surface area contributed by atoms with Gasteiger partial charge < -0.3 is 9.84 Å². The quantitative estimate of drug-likeness (QED) is 0.404. The third-order valence-electron chi connectivity index (χ3n) is 9.22. The summed E-state index contributed by atoms with van der Waals surface area (Å²) in [5, 5.41) is 10.3. The van der Waals surface area contributed by atoms with Crippen molar-refractivity contribution in [2.24, 2.45) is 11.8 Å². The van der Waals surface area contributed by atoms with E-state index in [0.29, 0.717) is 24.1 Å². The molecule has 0 spiro atoms. The Hall–Kier alpha value is -2.28. The van der Waals surface area contributed by atoms with Crippen molar-refractivity contribution in [1.82, 2.24) is 4.90 Å². The molecule has 2 aliphatic heterocycles. The van der Waals surface area contributed by atoms with E-state index < -0.39 is 17.7 Å². The fourth-order valence-electron chi connectivity index (χ4n) is 7.31. The van der Waals surface area contributed by atoms with Crippen LogP contribution >= 0.6 is 0 Å². The van der Waals surface area contributed by atoms with Gasteiger partial charge in [-0.2, -0.15) is 13.2 Å². The van der Waals surface area contributed by atoms with E-state index >= 15 is 0 Å². The first-order valence-corrected chi connectivity index (χ1v) is 14.0. The van der Waals surface area contributed by atoms with E-state index in [9.17, 15) is 23.1 Å². The molecule has 3 fully saturated rings. The van der Waals surface area contributed by atoms with Gasteiger partial charge in [-0.1, -0.05) is 38.5 Å². The lowest BCUT2D eigenvalue weighted by Crippen LogP contribution is -2.46. The Morgan fingerprint density at radius 2 is 1.70 bits per heavy atom. The van der Waals surface area contributed by atoms with Crippen LogP contribution in [-0.4, -0.2) is 34.2 Å². The topological polar surface area (TPSA) is 49.8 Å². The molecule has 5 rings (SSSR count). The Labute approximate surface area is 217 Å². The van der Waals surface area contributed by atoms with Gasteiger partial charge in [-0.15, -0.1) is 0 Å². The molecule has 7 heteroatoms. The normalized spacial score (nSPS) is 29.4. The van der Waals surface area contributed by atoms with Crippen LogP contribution in [0, 0.1) is 11.8 Å². The molecule has 202 valence electrons. The number of halogens is 3. The zero-order chi connectivity index (χ0) is 26.3. The number of benzene rings is 2. The highest BCUT2D eigenvalue weighted by molar-refractivity contribution is 5.89. The average Bonchev–Trinajstić information content (AvgIpc) is 3.11. The third-order valence-corrected chi connectivity index (χ3v) is 9.22. The van der Waals surface area contributed by atoms with Gasteiger partial charge >= 0.3 is 12.1 Å². The number of piperidine rings is 1. The molecule has 2 saturated heterocycles. The van der Waals surface area contributed by atoms with E-state index in [1.54, 1.807) is 12.1 Å². The molecule has 4 nitrogen and oxygen atoms in total. The van der Waals surface area contributed by atoms with Crippen molar-refractivity contribution in [2.45, 2.75) is 108 Å². The third kappa shape index (κ3) is 5.21. The summed E-state index contributed by atoms with van der Waals surface area (Å²) in [5.74, 6) is -0.429. The molecule has 2 bridgehead atoms. The number of ether oxygens (including phenoxy) is 1. The van der Waals surface area contributed by atoms with Crippen LogP contribution in [0.25, 0.3) is 10.8 Å². The van der Waals surface area contributed by atoms with Gasteiger partial charge in [0.1, 0.15) is 11.3 Å². The first-order chi connectivity index (χ1) is 17.7. The molecule has 0 radical (unpaired) electrons. The lowest BCUT2D eigenvalue weighted by molar-refractivity contribution is -0.145. The van der Waals surface area contributed by atoms with E-state index in [1.165, 1.54) is 6.07 Å². The molecule has 2 aromatic rings. The molecule has 0 aromatic heterocycles. The van der Waals surface area contributed by atoms with E-state index in [0.717, 1.165) is 56.9 Å². The maximum Gasteiger partial charge on any atom is 0.420 e. The zero-order valence-corrected chi connectivity index (χ0v) is 21.8. The second-order valence-electron chi connectivity index (χ2n) is 11.3. The molecule has 3 unspecified atom stereocenters. The van der Waals surface area contributed by atoms with Crippen LogP contribution in [0.15, 0.2) is 30.3 Å². The predicted octanol–water partition coefficient (Wildman–Crippen LogP) is 7.98. The predicted molar refractivity (Wildman–Crippen MR) is 138 cm³/mol. The van der Waals surface area contributed by atoms with Crippen molar-refractivity contribution in [1.29, 1.82) is 0 Å². The van der Waals surface area contributed by atoms with Crippen LogP contribution < -0.4 is 4.74 Å². The Bertz CT molecular complexity index is 1110. The summed E-state index contributed by atoms with van der Waals surface area (Å²) in [6.07, 6.45) is 4.11. The largest absolute Gasteiger partial charge is 0.490 e. The number of carboxylic acids is 1. The first-order valence-electron chi connectivity index (χ1n) is 14.0. The van der Waals surface area contributed by atoms with Crippen LogP contribution in [0.2, 0.25) is 0 Å². The maximum atomic E-state index is 14.3. The lowest BCUT2D eigenvalue weighted by Gasteiger charge is -2.42. The second kappa shape index (κ2) is 10.5. The van der Waals surface area contributed by atoms with E-state index in [4.69, 9.17) is 4.74 Å². The smallest absolute Gasteiger partial charge is 0.420 e. The Morgan fingerprint density at radius 1 is 1.03 bits per heavy atom. The number of rotatable bonds is 7. The van der Waals surface area contributed by atoms with Gasteiger partial charge in [-0.05, 0) is 92.2 Å². The van der Waals surface area contributed by atoms with Gasteiger partial charge in [0.25, 0.3) is 0 Å². The van der Waals surface area contributed by atoms with E-state index in [1.807, 2.05) is 12.1 Å². The highest BCUT2D eigenvalue weighted by Crippen LogP contribution is 2.47. The summed E-state index contributed by atoms with van der Waals surface area (Å²) >= 11 is 0. The van der Waals surface area contributed by atoms with Crippen LogP contribution in [-0.2, 0) is 11.0 Å². The highest BCUT2D eigenvalue weighted by atomic mass is 19.4. The Kier molecular flexibility index (Phi) is 7.45. The van der Waals surface area contributed by atoms with Crippen molar-refractivity contribution < 1.29 is 27.8 Å². The average molecular weight is 518 g/mol. The van der Waals surface area contributed by atoms with Crippen LogP contribution in [0.3, 0.4) is 0 Å². The van der Waals surface area contributed by atoms with E-state index in [2.05, 4.69) is 18.7 Å². The number of carbonyl (C=O) groups is 1. The summed E-state index contributed by atoms with van der Waals surface area (Å²) in [4.78, 5) is 14.1. The maximum absolute atomic E-state index is 14.3. The SMILES string of the molecule is CCC1CCC(Oc2ccc3cc(C(CC)N4C5CCC4CC(C(=O)O)C5)ccc3c2C(F)(F)F)CC1. The van der Waals surface area contributed by atoms with Gasteiger partial charge in [-0.3, -0.25) is 9.69 Å². The number of fused-ring (bicyclic) bond motifs is 3. The molecule has 37 heavy (non-hydrogen) atoms. The minimum absolute atomic E-state index is 0.0615. The summed E-state index contributed by atoms with van der Waals surface area (Å²) in [6.45, 7) is 4.26. The van der Waals surface area contributed by atoms with Crippen LogP contribution in [0.4, 0.5) is 13.2 Å². The number of aliphatic carboxylic acids is 1. The number of hydrogen-bond acceptors (Lipinski definition) is 3. The minimum atomic E-state index is -4.51. The van der Waals surface area contributed by atoms with Crippen molar-refractivity contribution in [3.63, 3.8) is 0 Å². The van der Waals surface area contributed by atoms with Crippen molar-refractivity contribution in [2.75, 3.05) is 0 Å². The highest BCUT2D eigenvalue weighted by Gasteiger charge is 2.46. The minimum Gasteiger partial charge on any atom is -0.490 e.